The lowest BCUT2D eigenvalue weighted by atomic mass is 9.96. The summed E-state index contributed by atoms with van der Waals surface area (Å²) in [6, 6.07) is 1.94. The molecule has 20 heavy (non-hydrogen) atoms. The first-order valence-corrected chi connectivity index (χ1v) is 7.54. The normalized spacial score (nSPS) is 21.9. The van der Waals surface area contributed by atoms with Crippen LogP contribution in [0.3, 0.4) is 0 Å². The zero-order valence-electron chi connectivity index (χ0n) is 10.1. The highest BCUT2D eigenvalue weighted by Gasteiger charge is 2.37. The van der Waals surface area contributed by atoms with Crippen molar-refractivity contribution < 1.29 is 30.8 Å². The molecule has 0 N–H and O–H groups in total. The number of ketones is 1. The standard InChI is InChI=1S/C12H10F4O3S/c13-10-2-1-7(5-9(10)12(14,15)16)11(17)8-3-4-20(18,19)6-8/h1-2,5,8H,3-4,6H2. The number of hydrogen-bond donors (Lipinski definition) is 0. The molecule has 1 fully saturated rings. The molecule has 110 valence electrons. The molecule has 0 aliphatic carbocycles. The second kappa shape index (κ2) is 4.83. The first kappa shape index (κ1) is 15.0. The van der Waals surface area contributed by atoms with Gasteiger partial charge in [0.1, 0.15) is 5.82 Å². The van der Waals surface area contributed by atoms with Crippen molar-refractivity contribution in [3.8, 4) is 0 Å². The van der Waals surface area contributed by atoms with E-state index in [2.05, 4.69) is 0 Å². The van der Waals surface area contributed by atoms with Crippen LogP contribution in [-0.2, 0) is 16.0 Å². The fourth-order valence-corrected chi connectivity index (χ4v) is 3.87. The van der Waals surface area contributed by atoms with Gasteiger partial charge in [0.15, 0.2) is 15.6 Å². The van der Waals surface area contributed by atoms with Crippen LogP contribution in [0, 0.1) is 11.7 Å². The molecular weight excluding hydrogens is 300 g/mol. The van der Waals surface area contributed by atoms with Crippen molar-refractivity contribution in [2.24, 2.45) is 5.92 Å². The summed E-state index contributed by atoms with van der Waals surface area (Å²) in [5.41, 5.74) is -1.84. The summed E-state index contributed by atoms with van der Waals surface area (Å²) in [7, 11) is -3.31. The van der Waals surface area contributed by atoms with Crippen molar-refractivity contribution >= 4 is 15.6 Å². The monoisotopic (exact) mass is 310 g/mol. The Bertz CT molecular complexity index is 649. The number of halogens is 4. The Balaban J connectivity index is 2.32. The Morgan fingerprint density at radius 1 is 1.25 bits per heavy atom. The number of carbonyl (C=O) groups excluding carboxylic acids is 1. The minimum absolute atomic E-state index is 0.0832. The molecule has 1 aromatic rings. The molecule has 1 unspecified atom stereocenters. The second-order valence-corrected chi connectivity index (χ2v) is 6.89. The van der Waals surface area contributed by atoms with Crippen LogP contribution in [0.15, 0.2) is 18.2 Å². The van der Waals surface area contributed by atoms with E-state index in [1.54, 1.807) is 0 Å². The Morgan fingerprint density at radius 3 is 2.40 bits per heavy atom. The quantitative estimate of drug-likeness (QED) is 0.623. The van der Waals surface area contributed by atoms with E-state index < -0.39 is 39.1 Å². The molecule has 3 nitrogen and oxygen atoms in total. The van der Waals surface area contributed by atoms with E-state index in [9.17, 15) is 30.8 Å². The summed E-state index contributed by atoms with van der Waals surface area (Å²) in [6.07, 6.45) is -4.82. The largest absolute Gasteiger partial charge is 0.419 e. The second-order valence-electron chi connectivity index (χ2n) is 4.66. The molecule has 1 aromatic carbocycles. The fourth-order valence-electron chi connectivity index (χ4n) is 2.13. The molecule has 1 aliphatic rings. The number of hydrogen-bond acceptors (Lipinski definition) is 3. The van der Waals surface area contributed by atoms with Crippen LogP contribution in [0.4, 0.5) is 17.6 Å². The van der Waals surface area contributed by atoms with Crippen molar-refractivity contribution in [2.75, 3.05) is 11.5 Å². The molecule has 0 saturated carbocycles. The van der Waals surface area contributed by atoms with Gasteiger partial charge in [0, 0.05) is 11.5 Å². The summed E-state index contributed by atoms with van der Waals surface area (Å²) in [6.45, 7) is 0. The smallest absolute Gasteiger partial charge is 0.294 e. The van der Waals surface area contributed by atoms with E-state index in [0.717, 1.165) is 6.07 Å². The Kier molecular flexibility index (Phi) is 3.62. The van der Waals surface area contributed by atoms with Crippen LogP contribution in [0.1, 0.15) is 22.3 Å². The van der Waals surface area contributed by atoms with Crippen molar-refractivity contribution in [2.45, 2.75) is 12.6 Å². The molecule has 0 radical (unpaired) electrons. The topological polar surface area (TPSA) is 51.2 Å². The molecule has 0 spiro atoms. The zero-order chi connectivity index (χ0) is 15.1. The van der Waals surface area contributed by atoms with E-state index in [-0.39, 0.29) is 23.5 Å². The lowest BCUT2D eigenvalue weighted by molar-refractivity contribution is -0.140. The molecule has 1 heterocycles. The summed E-state index contributed by atoms with van der Waals surface area (Å²) in [5, 5.41) is 0. The van der Waals surface area contributed by atoms with Crippen LogP contribution < -0.4 is 0 Å². The zero-order valence-corrected chi connectivity index (χ0v) is 10.9. The van der Waals surface area contributed by atoms with Crippen molar-refractivity contribution in [1.82, 2.24) is 0 Å². The van der Waals surface area contributed by atoms with Crippen LogP contribution >= 0.6 is 0 Å². The third kappa shape index (κ3) is 3.00. The minimum atomic E-state index is -4.90. The van der Waals surface area contributed by atoms with Crippen LogP contribution in [0.25, 0.3) is 0 Å². The van der Waals surface area contributed by atoms with Crippen LogP contribution in [0.2, 0.25) is 0 Å². The van der Waals surface area contributed by atoms with Crippen LogP contribution in [-0.4, -0.2) is 25.7 Å². The summed E-state index contributed by atoms with van der Waals surface area (Å²) in [5.74, 6) is -3.54. The number of carbonyl (C=O) groups is 1. The predicted octanol–water partition coefficient (Wildman–Crippen LogP) is 2.46. The first-order chi connectivity index (χ1) is 9.10. The molecule has 8 heteroatoms. The molecule has 1 saturated heterocycles. The minimum Gasteiger partial charge on any atom is -0.294 e. The summed E-state index contributed by atoms with van der Waals surface area (Å²) in [4.78, 5) is 12.0. The molecular formula is C12H10F4O3S. The maximum absolute atomic E-state index is 13.1. The van der Waals surface area contributed by atoms with Gasteiger partial charge < -0.3 is 0 Å². The number of Topliss-reactive ketones (excluding diaryl/α,β-unsaturated/α-hetero) is 1. The van der Waals surface area contributed by atoms with Gasteiger partial charge in [-0.15, -0.1) is 0 Å². The summed E-state index contributed by atoms with van der Waals surface area (Å²) >= 11 is 0. The van der Waals surface area contributed by atoms with E-state index in [1.165, 1.54) is 0 Å². The Labute approximate surface area is 112 Å². The van der Waals surface area contributed by atoms with Gasteiger partial charge in [0.05, 0.1) is 17.1 Å². The lowest BCUT2D eigenvalue weighted by Gasteiger charge is -2.11. The van der Waals surface area contributed by atoms with Gasteiger partial charge >= 0.3 is 6.18 Å². The third-order valence-corrected chi connectivity index (χ3v) is 4.93. The van der Waals surface area contributed by atoms with Gasteiger partial charge in [-0.1, -0.05) is 0 Å². The Morgan fingerprint density at radius 2 is 1.90 bits per heavy atom. The molecule has 2 rings (SSSR count). The van der Waals surface area contributed by atoms with E-state index in [0.29, 0.717) is 12.1 Å². The third-order valence-electron chi connectivity index (χ3n) is 3.16. The van der Waals surface area contributed by atoms with Crippen LogP contribution in [0.5, 0.6) is 0 Å². The lowest BCUT2D eigenvalue weighted by Crippen LogP contribution is -2.18. The Hall–Kier alpha value is -1.44. The van der Waals surface area contributed by atoms with Gasteiger partial charge in [0.25, 0.3) is 0 Å². The average molecular weight is 310 g/mol. The van der Waals surface area contributed by atoms with Crippen molar-refractivity contribution in [1.29, 1.82) is 0 Å². The maximum Gasteiger partial charge on any atom is 0.419 e. The summed E-state index contributed by atoms with van der Waals surface area (Å²) < 4.78 is 73.3. The van der Waals surface area contributed by atoms with Gasteiger partial charge in [-0.25, -0.2) is 12.8 Å². The molecule has 0 bridgehead atoms. The molecule has 1 aliphatic heterocycles. The highest BCUT2D eigenvalue weighted by molar-refractivity contribution is 7.91. The van der Waals surface area contributed by atoms with Crippen molar-refractivity contribution in [3.05, 3.63) is 35.1 Å². The molecule has 1 atom stereocenters. The number of rotatable bonds is 2. The van der Waals surface area contributed by atoms with Gasteiger partial charge in [-0.3, -0.25) is 4.79 Å². The van der Waals surface area contributed by atoms with Crippen molar-refractivity contribution in [3.63, 3.8) is 0 Å². The number of sulfone groups is 1. The van der Waals surface area contributed by atoms with E-state index in [1.807, 2.05) is 0 Å². The molecule has 0 aromatic heterocycles. The SMILES string of the molecule is O=C(c1ccc(F)c(C(F)(F)F)c1)C1CCS(=O)(=O)C1. The highest BCUT2D eigenvalue weighted by atomic mass is 32.2. The van der Waals surface area contributed by atoms with E-state index in [4.69, 9.17) is 0 Å². The van der Waals surface area contributed by atoms with Gasteiger partial charge in [0.2, 0.25) is 0 Å². The maximum atomic E-state index is 13.1. The fraction of sp³-hybridized carbons (Fsp3) is 0.417. The van der Waals surface area contributed by atoms with E-state index >= 15 is 0 Å². The molecule has 0 amide bonds. The number of benzene rings is 1. The predicted molar refractivity (Wildman–Crippen MR) is 62.5 cm³/mol. The average Bonchev–Trinajstić information content (AvgIpc) is 2.68. The number of alkyl halides is 3. The van der Waals surface area contributed by atoms with Gasteiger partial charge in [-0.05, 0) is 24.6 Å². The van der Waals surface area contributed by atoms with Gasteiger partial charge in [-0.2, -0.15) is 13.2 Å². The highest BCUT2D eigenvalue weighted by Crippen LogP contribution is 2.33. The first-order valence-electron chi connectivity index (χ1n) is 5.71.